The van der Waals surface area contributed by atoms with E-state index in [1.165, 1.54) is 5.56 Å². The molecule has 0 spiro atoms. The zero-order chi connectivity index (χ0) is 19.4. The smallest absolute Gasteiger partial charge is 0.228 e. The summed E-state index contributed by atoms with van der Waals surface area (Å²) in [6, 6.07) is 18.9. The van der Waals surface area contributed by atoms with E-state index in [1.54, 1.807) is 10.9 Å². The van der Waals surface area contributed by atoms with E-state index in [0.717, 1.165) is 37.7 Å². The molecule has 0 aliphatic carbocycles. The standard InChI is InChI=1S/C23H18BrN3O/c1-13-3-5-14(6-4-13)19-20-17-9-8-16(24)11-15(17)7-10-18(20)28-23-21(19)22(25)27(2)12-26-23/h3-12,19,25H,1-2H3. The molecular weight excluding hydrogens is 414 g/mol. The van der Waals surface area contributed by atoms with Crippen molar-refractivity contribution in [3.05, 3.63) is 93.1 Å². The first-order chi connectivity index (χ1) is 13.5. The molecule has 0 fully saturated rings. The molecule has 1 unspecified atom stereocenters. The van der Waals surface area contributed by atoms with Gasteiger partial charge in [-0.25, -0.2) is 4.98 Å². The first kappa shape index (κ1) is 17.2. The maximum Gasteiger partial charge on any atom is 0.228 e. The lowest BCUT2D eigenvalue weighted by atomic mass is 9.81. The Hall–Kier alpha value is -2.92. The highest BCUT2D eigenvalue weighted by atomic mass is 79.9. The molecule has 5 heteroatoms. The van der Waals surface area contributed by atoms with Crippen LogP contribution in [-0.2, 0) is 7.05 Å². The number of aromatic nitrogens is 2. The summed E-state index contributed by atoms with van der Waals surface area (Å²) in [5.41, 5.74) is 4.64. The molecule has 3 aromatic carbocycles. The van der Waals surface area contributed by atoms with E-state index in [2.05, 4.69) is 76.4 Å². The summed E-state index contributed by atoms with van der Waals surface area (Å²) < 4.78 is 8.94. The van der Waals surface area contributed by atoms with Crippen molar-refractivity contribution in [2.75, 3.05) is 0 Å². The highest BCUT2D eigenvalue weighted by molar-refractivity contribution is 9.10. The van der Waals surface area contributed by atoms with Gasteiger partial charge in [-0.2, -0.15) is 0 Å². The van der Waals surface area contributed by atoms with Gasteiger partial charge in [-0.1, -0.05) is 57.9 Å². The molecule has 1 atom stereocenters. The second kappa shape index (κ2) is 6.31. The Morgan fingerprint density at radius 1 is 1.04 bits per heavy atom. The van der Waals surface area contributed by atoms with Crippen molar-refractivity contribution in [3.63, 3.8) is 0 Å². The normalized spacial score (nSPS) is 15.0. The number of benzene rings is 3. The molecule has 1 aliphatic rings. The van der Waals surface area contributed by atoms with E-state index in [-0.39, 0.29) is 5.92 Å². The van der Waals surface area contributed by atoms with Gasteiger partial charge in [-0.05, 0) is 41.5 Å². The third kappa shape index (κ3) is 2.58. The number of nitrogens with zero attached hydrogens (tertiary/aromatic N) is 2. The largest absolute Gasteiger partial charge is 0.438 e. The SMILES string of the molecule is Cc1ccc(C2c3c(ncn(C)c3=N)Oc3ccc4cc(Br)ccc4c32)cc1. The van der Waals surface area contributed by atoms with Crippen LogP contribution < -0.4 is 10.2 Å². The van der Waals surface area contributed by atoms with Gasteiger partial charge in [-0.3, -0.25) is 5.41 Å². The van der Waals surface area contributed by atoms with Crippen LogP contribution >= 0.6 is 15.9 Å². The number of rotatable bonds is 1. The van der Waals surface area contributed by atoms with Crippen molar-refractivity contribution < 1.29 is 4.74 Å². The van der Waals surface area contributed by atoms with Gasteiger partial charge in [0.25, 0.3) is 0 Å². The van der Waals surface area contributed by atoms with Crippen LogP contribution in [0.25, 0.3) is 10.8 Å². The Kier molecular flexibility index (Phi) is 3.88. The predicted octanol–water partition coefficient (Wildman–Crippen LogP) is 5.41. The summed E-state index contributed by atoms with van der Waals surface area (Å²) >= 11 is 3.57. The molecule has 0 saturated carbocycles. The Labute approximate surface area is 171 Å². The number of halogens is 1. The molecule has 1 aromatic heterocycles. The monoisotopic (exact) mass is 431 g/mol. The molecule has 0 radical (unpaired) electrons. The Morgan fingerprint density at radius 2 is 1.82 bits per heavy atom. The minimum atomic E-state index is -0.114. The lowest BCUT2D eigenvalue weighted by Gasteiger charge is -2.29. The number of hydrogen-bond donors (Lipinski definition) is 1. The van der Waals surface area contributed by atoms with Crippen LogP contribution in [0.15, 0.2) is 65.4 Å². The minimum absolute atomic E-state index is 0.114. The zero-order valence-electron chi connectivity index (χ0n) is 15.5. The van der Waals surface area contributed by atoms with Crippen LogP contribution in [0.3, 0.4) is 0 Å². The summed E-state index contributed by atoms with van der Waals surface area (Å²) in [5.74, 6) is 1.20. The third-order valence-electron chi connectivity index (χ3n) is 5.36. The van der Waals surface area contributed by atoms with Crippen molar-refractivity contribution in [2.24, 2.45) is 7.05 Å². The minimum Gasteiger partial charge on any atom is -0.438 e. The second-order valence-corrected chi connectivity index (χ2v) is 8.13. The first-order valence-electron chi connectivity index (χ1n) is 9.09. The fourth-order valence-corrected chi connectivity index (χ4v) is 4.31. The number of nitrogens with one attached hydrogen (secondary N) is 1. The molecule has 138 valence electrons. The maximum atomic E-state index is 8.71. The molecular formula is C23H18BrN3O. The molecule has 28 heavy (non-hydrogen) atoms. The second-order valence-electron chi connectivity index (χ2n) is 7.21. The van der Waals surface area contributed by atoms with E-state index < -0.39 is 0 Å². The van der Waals surface area contributed by atoms with Gasteiger partial charge in [0.1, 0.15) is 11.2 Å². The fraction of sp³-hybridized carbons (Fsp3) is 0.130. The Morgan fingerprint density at radius 3 is 2.61 bits per heavy atom. The summed E-state index contributed by atoms with van der Waals surface area (Å²) in [5, 5.41) is 11.0. The summed E-state index contributed by atoms with van der Waals surface area (Å²) in [6.07, 6.45) is 1.64. The van der Waals surface area contributed by atoms with Gasteiger partial charge in [0.05, 0.1) is 11.9 Å². The van der Waals surface area contributed by atoms with Gasteiger partial charge in [0.2, 0.25) is 5.88 Å². The molecule has 4 aromatic rings. The van der Waals surface area contributed by atoms with Crippen molar-refractivity contribution >= 4 is 26.7 Å². The highest BCUT2D eigenvalue weighted by Gasteiger charge is 2.33. The number of ether oxygens (including phenoxy) is 1. The third-order valence-corrected chi connectivity index (χ3v) is 5.86. The van der Waals surface area contributed by atoms with Crippen molar-refractivity contribution in [1.29, 1.82) is 5.41 Å². The van der Waals surface area contributed by atoms with E-state index in [4.69, 9.17) is 10.1 Å². The van der Waals surface area contributed by atoms with E-state index in [0.29, 0.717) is 11.4 Å². The molecule has 0 bridgehead atoms. The molecule has 4 nitrogen and oxygen atoms in total. The maximum absolute atomic E-state index is 8.71. The van der Waals surface area contributed by atoms with Gasteiger partial charge in [0, 0.05) is 23.0 Å². The Balaban J connectivity index is 1.89. The van der Waals surface area contributed by atoms with Gasteiger partial charge >= 0.3 is 0 Å². The molecule has 1 aliphatic heterocycles. The molecule has 2 heterocycles. The fourth-order valence-electron chi connectivity index (χ4n) is 3.93. The van der Waals surface area contributed by atoms with Crippen LogP contribution in [0.5, 0.6) is 11.6 Å². The summed E-state index contributed by atoms with van der Waals surface area (Å²) in [6.45, 7) is 2.08. The molecule has 5 rings (SSSR count). The van der Waals surface area contributed by atoms with Crippen molar-refractivity contribution in [2.45, 2.75) is 12.8 Å². The lowest BCUT2D eigenvalue weighted by Crippen LogP contribution is -2.28. The van der Waals surface area contributed by atoms with Gasteiger partial charge < -0.3 is 9.30 Å². The predicted molar refractivity (Wildman–Crippen MR) is 113 cm³/mol. The first-order valence-corrected chi connectivity index (χ1v) is 9.89. The van der Waals surface area contributed by atoms with E-state index >= 15 is 0 Å². The van der Waals surface area contributed by atoms with Gasteiger partial charge in [0.15, 0.2) is 0 Å². The molecule has 0 saturated heterocycles. The van der Waals surface area contributed by atoms with Crippen LogP contribution in [-0.4, -0.2) is 9.55 Å². The number of hydrogen-bond acceptors (Lipinski definition) is 3. The number of fused-ring (bicyclic) bond motifs is 4. The molecule has 0 amide bonds. The quantitative estimate of drug-likeness (QED) is 0.385. The van der Waals surface area contributed by atoms with Gasteiger partial charge in [-0.15, -0.1) is 0 Å². The zero-order valence-corrected chi connectivity index (χ0v) is 17.1. The van der Waals surface area contributed by atoms with Crippen LogP contribution in [0.1, 0.15) is 28.2 Å². The van der Waals surface area contributed by atoms with Crippen molar-refractivity contribution in [3.8, 4) is 11.6 Å². The lowest BCUT2D eigenvalue weighted by molar-refractivity contribution is 0.426. The van der Waals surface area contributed by atoms with Crippen LogP contribution in [0, 0.1) is 12.3 Å². The van der Waals surface area contributed by atoms with Crippen LogP contribution in [0.2, 0.25) is 0 Å². The Bertz CT molecular complexity index is 1290. The topological polar surface area (TPSA) is 50.9 Å². The summed E-state index contributed by atoms with van der Waals surface area (Å²) in [4.78, 5) is 4.48. The van der Waals surface area contributed by atoms with Crippen molar-refractivity contribution in [1.82, 2.24) is 9.55 Å². The number of aryl methyl sites for hydroxylation is 2. The van der Waals surface area contributed by atoms with Crippen LogP contribution in [0.4, 0.5) is 0 Å². The molecule has 1 N–H and O–H groups in total. The average Bonchev–Trinajstić information content (AvgIpc) is 2.70. The highest BCUT2D eigenvalue weighted by Crippen LogP contribution is 2.48. The average molecular weight is 432 g/mol. The van der Waals surface area contributed by atoms with E-state index in [9.17, 15) is 0 Å². The summed E-state index contributed by atoms with van der Waals surface area (Å²) in [7, 11) is 1.84. The van der Waals surface area contributed by atoms with E-state index in [1.807, 2.05) is 13.1 Å².